The minimum atomic E-state index is -0.0764. The van der Waals surface area contributed by atoms with Gasteiger partial charge in [0.25, 0.3) is 0 Å². The monoisotopic (exact) mass is 368 g/mol. The molecule has 0 aliphatic carbocycles. The second-order valence-electron chi connectivity index (χ2n) is 6.46. The molecule has 0 atom stereocenters. The number of amides is 1. The van der Waals surface area contributed by atoms with Gasteiger partial charge in [0, 0.05) is 44.0 Å². The van der Waals surface area contributed by atoms with E-state index in [0.29, 0.717) is 12.5 Å². The first kappa shape index (κ1) is 17.0. The largest absolute Gasteiger partial charge is 0.304 e. The number of fused-ring (bicyclic) bond motifs is 1. The third kappa shape index (κ3) is 3.87. The molecule has 1 aromatic carbocycles. The number of hydrogen-bond donors (Lipinski definition) is 1. The lowest BCUT2D eigenvalue weighted by atomic mass is 10.1. The lowest BCUT2D eigenvalue weighted by molar-refractivity contribution is -0.117. The van der Waals surface area contributed by atoms with Crippen LogP contribution in [0.15, 0.2) is 36.1 Å². The van der Waals surface area contributed by atoms with Gasteiger partial charge < -0.3 is 4.90 Å². The van der Waals surface area contributed by atoms with Gasteiger partial charge >= 0.3 is 0 Å². The summed E-state index contributed by atoms with van der Waals surface area (Å²) in [7, 11) is 2.10. The molecule has 3 aromatic rings. The molecule has 4 rings (SSSR count). The minimum absolute atomic E-state index is 0.0764. The number of aromatic nitrogens is 3. The van der Waals surface area contributed by atoms with Crippen molar-refractivity contribution in [1.82, 2.24) is 24.8 Å². The molecule has 2 aromatic heterocycles. The van der Waals surface area contributed by atoms with E-state index in [1.54, 1.807) is 17.5 Å². The standard InChI is InChI=1S/C18H20N6OS/c1-23-4-6-24(7-5-23)11-17(25)22-18-20-9-14-3-2-13(8-15(14)21-18)16-10-19-12-26-16/h2-3,8-10,12H,4-7,11H2,1H3,(H,20,21,22,25). The number of benzene rings is 1. The van der Waals surface area contributed by atoms with Crippen LogP contribution in [0.1, 0.15) is 0 Å². The molecule has 3 heterocycles. The van der Waals surface area contributed by atoms with Crippen molar-refractivity contribution in [2.75, 3.05) is 45.1 Å². The van der Waals surface area contributed by atoms with Crippen LogP contribution in [-0.2, 0) is 4.79 Å². The zero-order valence-electron chi connectivity index (χ0n) is 14.6. The highest BCUT2D eigenvalue weighted by Crippen LogP contribution is 2.26. The Morgan fingerprint density at radius 3 is 2.85 bits per heavy atom. The van der Waals surface area contributed by atoms with Gasteiger partial charge in [0.2, 0.25) is 11.9 Å². The summed E-state index contributed by atoms with van der Waals surface area (Å²) in [4.78, 5) is 30.7. The van der Waals surface area contributed by atoms with Crippen LogP contribution in [0.4, 0.5) is 5.95 Å². The zero-order chi connectivity index (χ0) is 17.9. The van der Waals surface area contributed by atoms with Gasteiger partial charge in [-0.05, 0) is 18.7 Å². The molecular formula is C18H20N6OS. The molecule has 1 aliphatic rings. The first-order valence-electron chi connectivity index (χ1n) is 8.54. The summed E-state index contributed by atoms with van der Waals surface area (Å²) in [5, 5.41) is 3.76. The summed E-state index contributed by atoms with van der Waals surface area (Å²) in [5.41, 5.74) is 3.68. The number of nitrogens with zero attached hydrogens (tertiary/aromatic N) is 5. The SMILES string of the molecule is CN1CCN(CC(=O)Nc2ncc3ccc(-c4cncs4)cc3n2)CC1. The van der Waals surface area contributed by atoms with E-state index < -0.39 is 0 Å². The zero-order valence-corrected chi connectivity index (χ0v) is 15.4. The second kappa shape index (κ2) is 7.45. The molecule has 8 heteroatoms. The first-order valence-corrected chi connectivity index (χ1v) is 9.42. The third-order valence-corrected chi connectivity index (χ3v) is 5.34. The van der Waals surface area contributed by atoms with Gasteiger partial charge in [0.15, 0.2) is 0 Å². The normalized spacial score (nSPS) is 16.0. The lowest BCUT2D eigenvalue weighted by Gasteiger charge is -2.31. The first-order chi connectivity index (χ1) is 12.7. The number of anilines is 1. The van der Waals surface area contributed by atoms with E-state index >= 15 is 0 Å². The fourth-order valence-corrected chi connectivity index (χ4v) is 3.59. The smallest absolute Gasteiger partial charge is 0.240 e. The summed E-state index contributed by atoms with van der Waals surface area (Å²) < 4.78 is 0. The number of likely N-dealkylation sites (N-methyl/N-ethyl adjacent to an activating group) is 1. The minimum Gasteiger partial charge on any atom is -0.304 e. The topological polar surface area (TPSA) is 74.2 Å². The highest BCUT2D eigenvalue weighted by atomic mass is 32.1. The average molecular weight is 368 g/mol. The van der Waals surface area contributed by atoms with Crippen molar-refractivity contribution < 1.29 is 4.79 Å². The third-order valence-electron chi connectivity index (χ3n) is 4.51. The number of nitrogens with one attached hydrogen (secondary N) is 1. The Balaban J connectivity index is 1.47. The second-order valence-corrected chi connectivity index (χ2v) is 7.35. The molecular weight excluding hydrogens is 348 g/mol. The van der Waals surface area contributed by atoms with Crippen molar-refractivity contribution in [2.24, 2.45) is 0 Å². The molecule has 1 aliphatic heterocycles. The molecule has 1 saturated heterocycles. The van der Waals surface area contributed by atoms with E-state index in [0.717, 1.165) is 47.5 Å². The Labute approximate surface area is 155 Å². The van der Waals surface area contributed by atoms with E-state index in [9.17, 15) is 4.79 Å². The average Bonchev–Trinajstić information content (AvgIpc) is 3.18. The Hall–Kier alpha value is -2.42. The van der Waals surface area contributed by atoms with Crippen LogP contribution in [0.2, 0.25) is 0 Å². The molecule has 0 radical (unpaired) electrons. The van der Waals surface area contributed by atoms with Gasteiger partial charge in [0.05, 0.1) is 22.4 Å². The van der Waals surface area contributed by atoms with Crippen molar-refractivity contribution in [3.63, 3.8) is 0 Å². The molecule has 26 heavy (non-hydrogen) atoms. The van der Waals surface area contributed by atoms with Gasteiger partial charge in [-0.1, -0.05) is 12.1 Å². The summed E-state index contributed by atoms with van der Waals surface area (Å²) in [6.45, 7) is 4.15. The van der Waals surface area contributed by atoms with E-state index in [1.165, 1.54) is 0 Å². The maximum atomic E-state index is 12.3. The predicted octanol–water partition coefficient (Wildman–Crippen LogP) is 1.94. The van der Waals surface area contributed by atoms with Gasteiger partial charge in [-0.25, -0.2) is 9.97 Å². The molecule has 134 valence electrons. The van der Waals surface area contributed by atoms with Crippen LogP contribution in [0.3, 0.4) is 0 Å². The summed E-state index contributed by atoms with van der Waals surface area (Å²) in [6, 6.07) is 6.02. The number of hydrogen-bond acceptors (Lipinski definition) is 7. The molecule has 0 saturated carbocycles. The maximum absolute atomic E-state index is 12.3. The quantitative estimate of drug-likeness (QED) is 0.759. The predicted molar refractivity (Wildman–Crippen MR) is 103 cm³/mol. The van der Waals surface area contributed by atoms with Crippen molar-refractivity contribution in [3.8, 4) is 10.4 Å². The van der Waals surface area contributed by atoms with Crippen LogP contribution in [0.25, 0.3) is 21.3 Å². The van der Waals surface area contributed by atoms with Crippen LogP contribution < -0.4 is 5.32 Å². The van der Waals surface area contributed by atoms with Gasteiger partial charge in [-0.2, -0.15) is 0 Å². The maximum Gasteiger partial charge on any atom is 0.240 e. The van der Waals surface area contributed by atoms with Gasteiger partial charge in [0.1, 0.15) is 0 Å². The highest BCUT2D eigenvalue weighted by molar-refractivity contribution is 7.13. The number of piperazine rings is 1. The van der Waals surface area contributed by atoms with Crippen molar-refractivity contribution >= 4 is 34.1 Å². The van der Waals surface area contributed by atoms with Gasteiger partial charge in [-0.3, -0.25) is 20.0 Å². The van der Waals surface area contributed by atoms with E-state index in [1.807, 2.05) is 29.9 Å². The van der Waals surface area contributed by atoms with Gasteiger partial charge in [-0.15, -0.1) is 11.3 Å². The molecule has 1 N–H and O–H groups in total. The molecule has 7 nitrogen and oxygen atoms in total. The Bertz CT molecular complexity index is 905. The van der Waals surface area contributed by atoms with Crippen molar-refractivity contribution in [3.05, 3.63) is 36.1 Å². The molecule has 1 amide bonds. The number of carbonyl (C=O) groups excluding carboxylic acids is 1. The number of rotatable bonds is 4. The van der Waals surface area contributed by atoms with E-state index in [4.69, 9.17) is 0 Å². The van der Waals surface area contributed by atoms with Crippen LogP contribution in [-0.4, -0.2) is 70.4 Å². The Morgan fingerprint density at radius 1 is 1.23 bits per heavy atom. The van der Waals surface area contributed by atoms with E-state index in [-0.39, 0.29) is 5.91 Å². The number of thiazole rings is 1. The van der Waals surface area contributed by atoms with Crippen LogP contribution in [0.5, 0.6) is 0 Å². The Kier molecular flexibility index (Phi) is 4.87. The lowest BCUT2D eigenvalue weighted by Crippen LogP contribution is -2.47. The van der Waals surface area contributed by atoms with Crippen LogP contribution in [0, 0.1) is 0 Å². The van der Waals surface area contributed by atoms with Crippen molar-refractivity contribution in [1.29, 1.82) is 0 Å². The fraction of sp³-hybridized carbons (Fsp3) is 0.333. The molecule has 0 unspecified atom stereocenters. The summed E-state index contributed by atoms with van der Waals surface area (Å²) in [5.74, 6) is 0.269. The number of carbonyl (C=O) groups is 1. The van der Waals surface area contributed by atoms with E-state index in [2.05, 4.69) is 37.1 Å². The Morgan fingerprint density at radius 2 is 2.08 bits per heavy atom. The molecule has 1 fully saturated rings. The molecule has 0 spiro atoms. The van der Waals surface area contributed by atoms with Crippen LogP contribution >= 0.6 is 11.3 Å². The summed E-state index contributed by atoms with van der Waals surface area (Å²) >= 11 is 1.59. The van der Waals surface area contributed by atoms with Crippen molar-refractivity contribution in [2.45, 2.75) is 0 Å². The summed E-state index contributed by atoms with van der Waals surface area (Å²) in [6.07, 6.45) is 3.58. The fourth-order valence-electron chi connectivity index (χ4n) is 2.97. The highest BCUT2D eigenvalue weighted by Gasteiger charge is 2.17. The molecule has 0 bridgehead atoms.